The molecule has 0 aromatic heterocycles. The maximum absolute atomic E-state index is 12.2. The molecule has 1 aromatic carbocycles. The van der Waals surface area contributed by atoms with E-state index in [2.05, 4.69) is 0 Å². The Bertz CT molecular complexity index is 458. The first-order valence-electron chi connectivity index (χ1n) is 6.91. The van der Waals surface area contributed by atoms with Crippen LogP contribution in [0.15, 0.2) is 18.2 Å². The topological polar surface area (TPSA) is 61.5 Å². The Morgan fingerprint density at radius 2 is 2.35 bits per heavy atom. The van der Waals surface area contributed by atoms with E-state index in [0.717, 1.165) is 18.6 Å². The van der Waals surface area contributed by atoms with Crippen molar-refractivity contribution in [3.05, 3.63) is 23.8 Å². The molecule has 2 N–H and O–H groups in total. The molecule has 1 aliphatic rings. The van der Waals surface area contributed by atoms with Gasteiger partial charge in [-0.3, -0.25) is 4.79 Å². The maximum atomic E-state index is 12.2. The van der Waals surface area contributed by atoms with E-state index >= 15 is 0 Å². The lowest BCUT2D eigenvalue weighted by atomic mass is 10.1. The van der Waals surface area contributed by atoms with Crippen LogP contribution in [0.1, 0.15) is 29.6 Å². The Balaban J connectivity index is 2.24. The molecule has 20 heavy (non-hydrogen) atoms. The van der Waals surface area contributed by atoms with Gasteiger partial charge < -0.3 is 15.2 Å². The summed E-state index contributed by atoms with van der Waals surface area (Å²) in [6.45, 7) is 0.342. The zero-order valence-electron chi connectivity index (χ0n) is 11.8. The summed E-state index contributed by atoms with van der Waals surface area (Å²) < 4.78 is 11.4. The number of methoxy groups -OCH3 is 1. The van der Waals surface area contributed by atoms with Crippen LogP contribution < -0.4 is 15.2 Å². The molecule has 1 unspecified atom stereocenters. The highest BCUT2D eigenvalue weighted by molar-refractivity contribution is 7.99. The Morgan fingerprint density at radius 1 is 1.50 bits per heavy atom. The Labute approximate surface area is 124 Å². The third kappa shape index (κ3) is 3.67. The number of nitrogens with two attached hydrogens (primary N) is 1. The Morgan fingerprint density at radius 3 is 3.00 bits per heavy atom. The van der Waals surface area contributed by atoms with Crippen molar-refractivity contribution in [1.29, 1.82) is 0 Å². The van der Waals surface area contributed by atoms with Gasteiger partial charge in [-0.1, -0.05) is 6.07 Å². The van der Waals surface area contributed by atoms with Gasteiger partial charge >= 0.3 is 0 Å². The lowest BCUT2D eigenvalue weighted by molar-refractivity contribution is 0.0977. The van der Waals surface area contributed by atoms with Gasteiger partial charge in [0.2, 0.25) is 0 Å². The van der Waals surface area contributed by atoms with Crippen molar-refractivity contribution in [3.63, 3.8) is 0 Å². The van der Waals surface area contributed by atoms with E-state index in [0.29, 0.717) is 30.0 Å². The molecular weight excluding hydrogens is 274 g/mol. The molecule has 4 nitrogen and oxygen atoms in total. The molecule has 0 aliphatic carbocycles. The van der Waals surface area contributed by atoms with Crippen LogP contribution in [0.3, 0.4) is 0 Å². The molecule has 1 aromatic rings. The van der Waals surface area contributed by atoms with Gasteiger partial charge in [0.1, 0.15) is 6.10 Å². The van der Waals surface area contributed by atoms with Crippen molar-refractivity contribution < 1.29 is 14.3 Å². The van der Waals surface area contributed by atoms with Crippen LogP contribution in [0.2, 0.25) is 0 Å². The molecule has 0 spiro atoms. The van der Waals surface area contributed by atoms with E-state index in [9.17, 15) is 4.79 Å². The Kier molecular flexibility index (Phi) is 5.73. The summed E-state index contributed by atoms with van der Waals surface area (Å²) >= 11 is 1.89. The molecule has 110 valence electrons. The van der Waals surface area contributed by atoms with Crippen LogP contribution in [-0.4, -0.2) is 37.0 Å². The average molecular weight is 295 g/mol. The lowest BCUT2D eigenvalue weighted by Gasteiger charge is -2.25. The van der Waals surface area contributed by atoms with Crippen molar-refractivity contribution >= 4 is 17.5 Å². The van der Waals surface area contributed by atoms with E-state index in [4.69, 9.17) is 15.2 Å². The second-order valence-corrected chi connectivity index (χ2v) is 5.91. The lowest BCUT2D eigenvalue weighted by Crippen LogP contribution is -2.24. The van der Waals surface area contributed by atoms with Crippen molar-refractivity contribution in [2.75, 3.05) is 25.2 Å². The maximum Gasteiger partial charge on any atom is 0.172 e. The number of benzene rings is 1. The zero-order chi connectivity index (χ0) is 14.4. The minimum Gasteiger partial charge on any atom is -0.493 e. The number of carbonyl (C=O) groups excluding carboxylic acids is 1. The molecule has 1 aliphatic heterocycles. The van der Waals surface area contributed by atoms with Crippen molar-refractivity contribution in [2.24, 2.45) is 5.73 Å². The van der Waals surface area contributed by atoms with E-state index in [1.54, 1.807) is 13.2 Å². The minimum atomic E-state index is 0.00450. The minimum absolute atomic E-state index is 0.00450. The quantitative estimate of drug-likeness (QED) is 0.817. The van der Waals surface area contributed by atoms with Crippen molar-refractivity contribution in [3.8, 4) is 11.5 Å². The van der Waals surface area contributed by atoms with Gasteiger partial charge in [-0.15, -0.1) is 0 Å². The summed E-state index contributed by atoms with van der Waals surface area (Å²) in [5.41, 5.74) is 6.05. The van der Waals surface area contributed by atoms with Gasteiger partial charge in [-0.2, -0.15) is 11.8 Å². The fourth-order valence-corrected chi connectivity index (χ4v) is 3.29. The van der Waals surface area contributed by atoms with Gasteiger partial charge in [0.15, 0.2) is 17.3 Å². The molecule has 1 heterocycles. The first kappa shape index (κ1) is 15.2. The van der Waals surface area contributed by atoms with Crippen LogP contribution >= 0.6 is 11.8 Å². The largest absolute Gasteiger partial charge is 0.493 e. The molecule has 1 saturated heterocycles. The number of Topliss-reactive ketones (excluding diaryl/α,β-unsaturated/α-hetero) is 1. The number of rotatable bonds is 6. The normalized spacial score (nSPS) is 18.6. The van der Waals surface area contributed by atoms with Crippen LogP contribution in [0.25, 0.3) is 0 Å². The zero-order valence-corrected chi connectivity index (χ0v) is 12.6. The monoisotopic (exact) mass is 295 g/mol. The second-order valence-electron chi connectivity index (χ2n) is 4.76. The molecule has 5 heteroatoms. The fourth-order valence-electron chi connectivity index (χ4n) is 2.25. The number of hydrogen-bond acceptors (Lipinski definition) is 5. The molecule has 1 fully saturated rings. The van der Waals surface area contributed by atoms with Gasteiger partial charge in [0.05, 0.1) is 12.7 Å². The van der Waals surface area contributed by atoms with E-state index in [-0.39, 0.29) is 11.9 Å². The molecule has 1 atom stereocenters. The van der Waals surface area contributed by atoms with E-state index in [1.165, 1.54) is 5.75 Å². The summed E-state index contributed by atoms with van der Waals surface area (Å²) in [5, 5.41) is 0. The number of ketones is 1. The van der Waals surface area contributed by atoms with Crippen LogP contribution in [0.4, 0.5) is 0 Å². The predicted octanol–water partition coefficient (Wildman–Crippen LogP) is 2.50. The molecule has 0 radical (unpaired) electrons. The standard InChI is InChI=1S/C15H21NO3S/c1-18-14-6-2-5-12(13(17)7-8-16)15(14)19-11-4-3-9-20-10-11/h2,5-6,11H,3-4,7-10,16H2,1H3. The Hall–Kier alpha value is -1.20. The predicted molar refractivity (Wildman–Crippen MR) is 82.0 cm³/mol. The van der Waals surface area contributed by atoms with Crippen molar-refractivity contribution in [1.82, 2.24) is 0 Å². The van der Waals surface area contributed by atoms with Crippen LogP contribution in [0, 0.1) is 0 Å². The molecule has 0 bridgehead atoms. The molecule has 0 amide bonds. The first-order valence-corrected chi connectivity index (χ1v) is 8.06. The number of ether oxygens (including phenoxy) is 2. The summed E-state index contributed by atoms with van der Waals surface area (Å²) in [7, 11) is 1.59. The van der Waals surface area contributed by atoms with Crippen molar-refractivity contribution in [2.45, 2.75) is 25.4 Å². The van der Waals surface area contributed by atoms with E-state index < -0.39 is 0 Å². The van der Waals surface area contributed by atoms with E-state index in [1.807, 2.05) is 23.9 Å². The van der Waals surface area contributed by atoms with Gasteiger partial charge in [0.25, 0.3) is 0 Å². The third-order valence-electron chi connectivity index (χ3n) is 3.27. The smallest absolute Gasteiger partial charge is 0.172 e. The number of hydrogen-bond donors (Lipinski definition) is 1. The first-order chi connectivity index (χ1) is 9.76. The third-order valence-corrected chi connectivity index (χ3v) is 4.46. The molecular formula is C15H21NO3S. The highest BCUT2D eigenvalue weighted by Crippen LogP contribution is 2.34. The SMILES string of the molecule is COc1cccc(C(=O)CCN)c1OC1CCCSC1. The number of carbonyl (C=O) groups is 1. The summed E-state index contributed by atoms with van der Waals surface area (Å²) in [5.74, 6) is 3.34. The van der Waals surface area contributed by atoms with Gasteiger partial charge in [-0.25, -0.2) is 0 Å². The second kappa shape index (κ2) is 7.55. The molecule has 0 saturated carbocycles. The fraction of sp³-hybridized carbons (Fsp3) is 0.533. The number of thioether (sulfide) groups is 1. The van der Waals surface area contributed by atoms with Gasteiger partial charge in [-0.05, 0) is 37.3 Å². The van der Waals surface area contributed by atoms with Crippen LogP contribution in [0.5, 0.6) is 11.5 Å². The number of para-hydroxylation sites is 1. The van der Waals surface area contributed by atoms with Crippen LogP contribution in [-0.2, 0) is 0 Å². The summed E-state index contributed by atoms with van der Waals surface area (Å²) in [6.07, 6.45) is 2.64. The average Bonchev–Trinajstić information content (AvgIpc) is 2.48. The molecule has 2 rings (SSSR count). The summed E-state index contributed by atoms with van der Waals surface area (Å²) in [4.78, 5) is 12.2. The summed E-state index contributed by atoms with van der Waals surface area (Å²) in [6, 6.07) is 5.42. The highest BCUT2D eigenvalue weighted by atomic mass is 32.2. The highest BCUT2D eigenvalue weighted by Gasteiger charge is 2.22. The van der Waals surface area contributed by atoms with Gasteiger partial charge in [0, 0.05) is 12.2 Å².